The Bertz CT molecular complexity index is 229. The van der Waals surface area contributed by atoms with Crippen LogP contribution in [0, 0.1) is 5.41 Å². The van der Waals surface area contributed by atoms with Gasteiger partial charge in [0.2, 0.25) is 0 Å². The molecule has 14 heavy (non-hydrogen) atoms. The van der Waals surface area contributed by atoms with Gasteiger partial charge in [-0.15, -0.1) is 0 Å². The number of ether oxygens (including phenoxy) is 1. The van der Waals surface area contributed by atoms with Crippen molar-refractivity contribution in [2.24, 2.45) is 5.41 Å². The first-order valence-corrected chi connectivity index (χ1v) is 4.25. The summed E-state index contributed by atoms with van der Waals surface area (Å²) in [5, 5.41) is 10.6. The third-order valence-corrected chi connectivity index (χ3v) is 2.11. The van der Waals surface area contributed by atoms with E-state index in [1.807, 2.05) is 6.92 Å². The number of carbonyl (C=O) groups is 1. The van der Waals surface area contributed by atoms with Crippen LogP contribution in [0.2, 0.25) is 0 Å². The summed E-state index contributed by atoms with van der Waals surface area (Å²) in [5.41, 5.74) is -0.130. The standard InChI is InChI=1S/C8H13F2NO3/c1-7(4-14-5-7)2-11-3-8(9,10)6(12)13/h11H,2-5H2,1H3,(H,12,13). The smallest absolute Gasteiger partial charge is 0.375 e. The molecule has 1 aliphatic heterocycles. The second-order valence-electron chi connectivity index (χ2n) is 3.92. The summed E-state index contributed by atoms with van der Waals surface area (Å²) in [6.45, 7) is 2.45. The number of aliphatic carboxylic acids is 1. The van der Waals surface area contributed by atoms with Crippen molar-refractivity contribution in [2.45, 2.75) is 12.8 Å². The Hall–Kier alpha value is -0.750. The van der Waals surface area contributed by atoms with Gasteiger partial charge in [-0.1, -0.05) is 6.92 Å². The van der Waals surface area contributed by atoms with E-state index in [1.54, 1.807) is 0 Å². The van der Waals surface area contributed by atoms with Gasteiger partial charge in [-0.25, -0.2) is 4.79 Å². The average Bonchev–Trinajstić information content (AvgIpc) is 2.00. The van der Waals surface area contributed by atoms with Crippen LogP contribution in [0.5, 0.6) is 0 Å². The van der Waals surface area contributed by atoms with E-state index in [0.717, 1.165) is 0 Å². The molecule has 2 N–H and O–H groups in total. The van der Waals surface area contributed by atoms with E-state index in [9.17, 15) is 13.6 Å². The normalized spacial score (nSPS) is 20.2. The van der Waals surface area contributed by atoms with Crippen LogP contribution in [0.15, 0.2) is 0 Å². The molecule has 0 atom stereocenters. The van der Waals surface area contributed by atoms with Crippen LogP contribution < -0.4 is 5.32 Å². The quantitative estimate of drug-likeness (QED) is 0.685. The van der Waals surface area contributed by atoms with Crippen molar-refractivity contribution in [1.29, 1.82) is 0 Å². The summed E-state index contributed by atoms with van der Waals surface area (Å²) in [7, 11) is 0. The predicted molar refractivity (Wildman–Crippen MR) is 44.4 cm³/mol. The van der Waals surface area contributed by atoms with Crippen molar-refractivity contribution >= 4 is 5.97 Å². The van der Waals surface area contributed by atoms with Gasteiger partial charge in [0.25, 0.3) is 0 Å². The Balaban J connectivity index is 2.23. The van der Waals surface area contributed by atoms with Crippen molar-refractivity contribution in [3.05, 3.63) is 0 Å². The molecule has 1 fully saturated rings. The number of carboxylic acids is 1. The van der Waals surface area contributed by atoms with Gasteiger partial charge in [0.05, 0.1) is 19.8 Å². The lowest BCUT2D eigenvalue weighted by atomic mass is 9.89. The highest BCUT2D eigenvalue weighted by atomic mass is 19.3. The van der Waals surface area contributed by atoms with Gasteiger partial charge in [0.1, 0.15) is 0 Å². The minimum absolute atomic E-state index is 0.130. The van der Waals surface area contributed by atoms with Crippen LogP contribution in [-0.4, -0.2) is 43.3 Å². The van der Waals surface area contributed by atoms with E-state index in [0.29, 0.717) is 19.8 Å². The first kappa shape index (κ1) is 11.3. The van der Waals surface area contributed by atoms with Crippen LogP contribution >= 0.6 is 0 Å². The molecule has 1 rings (SSSR count). The molecular weight excluding hydrogens is 196 g/mol. The van der Waals surface area contributed by atoms with Gasteiger partial charge in [0, 0.05) is 12.0 Å². The van der Waals surface area contributed by atoms with Gasteiger partial charge in [-0.2, -0.15) is 8.78 Å². The maximum atomic E-state index is 12.6. The monoisotopic (exact) mass is 209 g/mol. The number of alkyl halides is 2. The summed E-state index contributed by atoms with van der Waals surface area (Å²) in [4.78, 5) is 10.0. The topological polar surface area (TPSA) is 58.6 Å². The minimum Gasteiger partial charge on any atom is -0.477 e. The SMILES string of the molecule is CC1(CNCC(F)(F)C(=O)O)COC1. The zero-order valence-electron chi connectivity index (χ0n) is 7.85. The Kier molecular flexibility index (Phi) is 3.06. The number of rotatable bonds is 5. The van der Waals surface area contributed by atoms with Crippen LogP contribution in [0.4, 0.5) is 8.78 Å². The van der Waals surface area contributed by atoms with E-state index in [4.69, 9.17) is 9.84 Å². The Labute approximate surface area is 80.2 Å². The Morgan fingerprint density at radius 2 is 2.21 bits per heavy atom. The zero-order chi connectivity index (χ0) is 10.8. The fourth-order valence-corrected chi connectivity index (χ4v) is 1.15. The molecule has 0 aromatic rings. The summed E-state index contributed by atoms with van der Waals surface area (Å²) >= 11 is 0. The summed E-state index contributed by atoms with van der Waals surface area (Å²) in [6.07, 6.45) is 0. The molecule has 0 amide bonds. The molecule has 0 spiro atoms. The highest BCUT2D eigenvalue weighted by Crippen LogP contribution is 2.25. The van der Waals surface area contributed by atoms with Gasteiger partial charge >= 0.3 is 11.9 Å². The molecule has 0 unspecified atom stereocenters. The zero-order valence-corrected chi connectivity index (χ0v) is 7.85. The van der Waals surface area contributed by atoms with Crippen LogP contribution in [0.1, 0.15) is 6.92 Å². The van der Waals surface area contributed by atoms with E-state index in [1.165, 1.54) is 0 Å². The van der Waals surface area contributed by atoms with Crippen LogP contribution in [-0.2, 0) is 9.53 Å². The molecule has 6 heteroatoms. The van der Waals surface area contributed by atoms with Crippen molar-refractivity contribution in [2.75, 3.05) is 26.3 Å². The van der Waals surface area contributed by atoms with Crippen molar-refractivity contribution in [3.8, 4) is 0 Å². The number of halogens is 2. The molecule has 1 saturated heterocycles. The molecule has 0 radical (unpaired) electrons. The first-order chi connectivity index (χ1) is 6.36. The molecule has 1 heterocycles. The maximum absolute atomic E-state index is 12.6. The van der Waals surface area contributed by atoms with E-state index in [-0.39, 0.29) is 5.41 Å². The third kappa shape index (κ3) is 2.62. The minimum atomic E-state index is -3.69. The molecule has 0 aromatic heterocycles. The van der Waals surface area contributed by atoms with Crippen LogP contribution in [0.25, 0.3) is 0 Å². The molecule has 0 aliphatic carbocycles. The summed E-state index contributed by atoms with van der Waals surface area (Å²) < 4.78 is 30.0. The molecule has 1 aliphatic rings. The van der Waals surface area contributed by atoms with Crippen molar-refractivity contribution in [3.63, 3.8) is 0 Å². The van der Waals surface area contributed by atoms with Crippen LogP contribution in [0.3, 0.4) is 0 Å². The van der Waals surface area contributed by atoms with E-state index >= 15 is 0 Å². The second kappa shape index (κ2) is 3.78. The summed E-state index contributed by atoms with van der Waals surface area (Å²) in [5.74, 6) is -5.79. The highest BCUT2D eigenvalue weighted by Gasteiger charge is 2.40. The number of hydrogen-bond acceptors (Lipinski definition) is 3. The molecule has 0 aromatic carbocycles. The lowest BCUT2D eigenvalue weighted by molar-refractivity contribution is -0.164. The van der Waals surface area contributed by atoms with E-state index in [2.05, 4.69) is 5.32 Å². The molecule has 4 nitrogen and oxygen atoms in total. The third-order valence-electron chi connectivity index (χ3n) is 2.11. The van der Waals surface area contributed by atoms with Crippen molar-refractivity contribution in [1.82, 2.24) is 5.32 Å². The lowest BCUT2D eigenvalue weighted by Gasteiger charge is -2.38. The predicted octanol–water partition coefficient (Wildman–Crippen LogP) is 0.332. The molecular formula is C8H13F2NO3. The summed E-state index contributed by atoms with van der Waals surface area (Å²) in [6, 6.07) is 0. The first-order valence-electron chi connectivity index (χ1n) is 4.25. The highest BCUT2D eigenvalue weighted by molar-refractivity contribution is 5.75. The number of nitrogens with one attached hydrogen (secondary N) is 1. The molecule has 0 saturated carbocycles. The maximum Gasteiger partial charge on any atom is 0.375 e. The lowest BCUT2D eigenvalue weighted by Crippen LogP contribution is -2.50. The molecule has 82 valence electrons. The van der Waals surface area contributed by atoms with Gasteiger partial charge < -0.3 is 15.2 Å². The fraction of sp³-hybridized carbons (Fsp3) is 0.875. The van der Waals surface area contributed by atoms with E-state index < -0.39 is 18.4 Å². The van der Waals surface area contributed by atoms with Crippen molar-refractivity contribution < 1.29 is 23.4 Å². The van der Waals surface area contributed by atoms with Gasteiger partial charge in [-0.05, 0) is 0 Å². The molecule has 0 bridgehead atoms. The van der Waals surface area contributed by atoms with Gasteiger partial charge in [-0.3, -0.25) is 0 Å². The second-order valence-corrected chi connectivity index (χ2v) is 3.92. The van der Waals surface area contributed by atoms with Gasteiger partial charge in [0.15, 0.2) is 0 Å². The Morgan fingerprint density at radius 1 is 1.64 bits per heavy atom. The number of carboxylic acid groups (broad SMARTS) is 1. The Morgan fingerprint density at radius 3 is 2.57 bits per heavy atom. The number of hydrogen-bond donors (Lipinski definition) is 2. The fourth-order valence-electron chi connectivity index (χ4n) is 1.15. The largest absolute Gasteiger partial charge is 0.477 e. The average molecular weight is 209 g/mol.